The molecule has 0 saturated heterocycles. The van der Waals surface area contributed by atoms with Crippen LogP contribution in [0, 0.1) is 0 Å². The van der Waals surface area contributed by atoms with Crippen molar-refractivity contribution in [1.29, 1.82) is 0 Å². The molecule has 0 aliphatic carbocycles. The molecule has 0 unspecified atom stereocenters. The lowest BCUT2D eigenvalue weighted by Crippen LogP contribution is -2.08. The van der Waals surface area contributed by atoms with Crippen LogP contribution in [0.3, 0.4) is 0 Å². The van der Waals surface area contributed by atoms with Crippen molar-refractivity contribution in [3.05, 3.63) is 42.0 Å². The number of carbonyl (C=O) groups excluding carboxylic acids is 1. The Kier molecular flexibility index (Phi) is 2.66. The monoisotopic (exact) mass is 241 g/mol. The first-order chi connectivity index (χ1) is 8.00. The maximum Gasteiger partial charge on any atom is 0.433 e. The van der Waals surface area contributed by atoms with E-state index >= 15 is 0 Å². The van der Waals surface area contributed by atoms with Crippen LogP contribution >= 0.6 is 0 Å². The van der Waals surface area contributed by atoms with Crippen LogP contribution in [0.25, 0.3) is 5.69 Å². The summed E-state index contributed by atoms with van der Waals surface area (Å²) in [6, 6.07) is 2.09. The second-order valence-electron chi connectivity index (χ2n) is 3.24. The van der Waals surface area contributed by atoms with Crippen LogP contribution in [0.1, 0.15) is 16.1 Å². The molecule has 2 aromatic heterocycles. The van der Waals surface area contributed by atoms with Gasteiger partial charge in [0.1, 0.15) is 5.69 Å². The lowest BCUT2D eigenvalue weighted by atomic mass is 10.3. The third-order valence-electron chi connectivity index (χ3n) is 2.04. The Morgan fingerprint density at radius 1 is 1.24 bits per heavy atom. The molecule has 0 N–H and O–H groups in total. The Balaban J connectivity index is 2.32. The van der Waals surface area contributed by atoms with Crippen molar-refractivity contribution in [3.8, 4) is 5.69 Å². The first-order valence-corrected chi connectivity index (χ1v) is 4.54. The van der Waals surface area contributed by atoms with Gasteiger partial charge in [0.25, 0.3) is 0 Å². The fraction of sp³-hybridized carbons (Fsp3) is 0.100. The number of pyridine rings is 1. The maximum atomic E-state index is 12.2. The highest BCUT2D eigenvalue weighted by Gasteiger charge is 2.32. The molecule has 0 saturated carbocycles. The Bertz CT molecular complexity index is 530. The summed E-state index contributed by atoms with van der Waals surface area (Å²) in [5.74, 6) is 0. The van der Waals surface area contributed by atoms with E-state index in [1.807, 2.05) is 0 Å². The molecule has 0 spiro atoms. The van der Waals surface area contributed by atoms with Gasteiger partial charge in [-0.3, -0.25) is 4.79 Å². The predicted molar refractivity (Wildman–Crippen MR) is 51.7 cm³/mol. The SMILES string of the molecule is O=Cc1cnn(-c2ccc(C(F)(F)F)nc2)c1. The molecular formula is C10H6F3N3O. The van der Waals surface area contributed by atoms with Gasteiger partial charge in [-0.25, -0.2) is 9.67 Å². The number of aromatic nitrogens is 3. The highest BCUT2D eigenvalue weighted by atomic mass is 19.4. The molecule has 0 fully saturated rings. The zero-order valence-electron chi connectivity index (χ0n) is 8.35. The van der Waals surface area contributed by atoms with E-state index in [-0.39, 0.29) is 0 Å². The summed E-state index contributed by atoms with van der Waals surface area (Å²) in [7, 11) is 0. The number of carbonyl (C=O) groups is 1. The van der Waals surface area contributed by atoms with Crippen LogP contribution in [0.2, 0.25) is 0 Å². The summed E-state index contributed by atoms with van der Waals surface area (Å²) in [5, 5.41) is 3.81. The molecule has 2 rings (SSSR count). The molecule has 17 heavy (non-hydrogen) atoms. The highest BCUT2D eigenvalue weighted by molar-refractivity contribution is 5.73. The van der Waals surface area contributed by atoms with Crippen molar-refractivity contribution in [3.63, 3.8) is 0 Å². The highest BCUT2D eigenvalue weighted by Crippen LogP contribution is 2.27. The van der Waals surface area contributed by atoms with E-state index in [2.05, 4.69) is 10.1 Å². The van der Waals surface area contributed by atoms with E-state index in [0.29, 0.717) is 17.5 Å². The second-order valence-corrected chi connectivity index (χ2v) is 3.24. The molecule has 0 atom stereocenters. The number of nitrogens with zero attached hydrogens (tertiary/aromatic N) is 3. The van der Waals surface area contributed by atoms with Gasteiger partial charge >= 0.3 is 6.18 Å². The molecule has 0 aromatic carbocycles. The van der Waals surface area contributed by atoms with Gasteiger partial charge in [0, 0.05) is 6.20 Å². The number of hydrogen-bond acceptors (Lipinski definition) is 3. The normalized spacial score (nSPS) is 11.5. The van der Waals surface area contributed by atoms with E-state index < -0.39 is 11.9 Å². The molecule has 4 nitrogen and oxygen atoms in total. The van der Waals surface area contributed by atoms with Crippen LogP contribution in [-0.2, 0) is 6.18 Å². The van der Waals surface area contributed by atoms with Gasteiger partial charge in [-0.2, -0.15) is 18.3 Å². The van der Waals surface area contributed by atoms with Crippen molar-refractivity contribution in [2.24, 2.45) is 0 Å². The van der Waals surface area contributed by atoms with Gasteiger partial charge in [0.05, 0.1) is 23.6 Å². The summed E-state index contributed by atoms with van der Waals surface area (Å²) in [6.45, 7) is 0. The first kappa shape index (κ1) is 11.3. The van der Waals surface area contributed by atoms with E-state index in [1.54, 1.807) is 0 Å². The third kappa shape index (κ3) is 2.32. The lowest BCUT2D eigenvalue weighted by Gasteiger charge is -2.06. The Morgan fingerprint density at radius 3 is 2.47 bits per heavy atom. The summed E-state index contributed by atoms with van der Waals surface area (Å²) < 4.78 is 38.0. The minimum Gasteiger partial charge on any atom is -0.298 e. The molecule has 88 valence electrons. The zero-order chi connectivity index (χ0) is 12.5. The fourth-order valence-corrected chi connectivity index (χ4v) is 1.23. The average molecular weight is 241 g/mol. The van der Waals surface area contributed by atoms with Crippen LogP contribution in [0.15, 0.2) is 30.7 Å². The standard InChI is InChI=1S/C10H6F3N3O/c11-10(12,13)9-2-1-8(4-14-9)16-5-7(6-17)3-15-16/h1-6H. The number of rotatable bonds is 2. The van der Waals surface area contributed by atoms with Gasteiger partial charge < -0.3 is 0 Å². The number of hydrogen-bond donors (Lipinski definition) is 0. The average Bonchev–Trinajstić information content (AvgIpc) is 2.76. The third-order valence-corrected chi connectivity index (χ3v) is 2.04. The van der Waals surface area contributed by atoms with Crippen LogP contribution < -0.4 is 0 Å². The summed E-state index contributed by atoms with van der Waals surface area (Å²) in [6.07, 6.45) is -0.107. The Hall–Kier alpha value is -2.18. The predicted octanol–water partition coefficient (Wildman–Crippen LogP) is 2.10. The molecule has 2 heterocycles. The van der Waals surface area contributed by atoms with Crippen LogP contribution in [0.4, 0.5) is 13.2 Å². The quantitative estimate of drug-likeness (QED) is 0.756. The molecule has 7 heteroatoms. The van der Waals surface area contributed by atoms with E-state index in [1.165, 1.54) is 23.1 Å². The molecule has 2 aromatic rings. The minimum atomic E-state index is -4.46. The molecule has 0 aliphatic heterocycles. The second kappa shape index (κ2) is 4.00. The lowest BCUT2D eigenvalue weighted by molar-refractivity contribution is -0.141. The topological polar surface area (TPSA) is 47.8 Å². The van der Waals surface area contributed by atoms with E-state index in [0.717, 1.165) is 12.3 Å². The smallest absolute Gasteiger partial charge is 0.298 e. The number of aldehydes is 1. The van der Waals surface area contributed by atoms with Crippen molar-refractivity contribution >= 4 is 6.29 Å². The summed E-state index contributed by atoms with van der Waals surface area (Å²) in [4.78, 5) is 13.7. The van der Waals surface area contributed by atoms with Gasteiger partial charge in [0.2, 0.25) is 0 Å². The van der Waals surface area contributed by atoms with Gasteiger partial charge in [-0.15, -0.1) is 0 Å². The molecule has 0 amide bonds. The molecule has 0 bridgehead atoms. The maximum absolute atomic E-state index is 12.2. The van der Waals surface area contributed by atoms with E-state index in [4.69, 9.17) is 0 Å². The van der Waals surface area contributed by atoms with Crippen molar-refractivity contribution in [2.75, 3.05) is 0 Å². The van der Waals surface area contributed by atoms with E-state index in [9.17, 15) is 18.0 Å². The first-order valence-electron chi connectivity index (χ1n) is 4.54. The fourth-order valence-electron chi connectivity index (χ4n) is 1.23. The van der Waals surface area contributed by atoms with Crippen LogP contribution in [-0.4, -0.2) is 21.1 Å². The van der Waals surface area contributed by atoms with Gasteiger partial charge in [-0.1, -0.05) is 0 Å². The Morgan fingerprint density at radius 2 is 2.00 bits per heavy atom. The molecule has 0 radical (unpaired) electrons. The molecular weight excluding hydrogens is 235 g/mol. The van der Waals surface area contributed by atoms with Crippen molar-refractivity contribution < 1.29 is 18.0 Å². The van der Waals surface area contributed by atoms with Crippen LogP contribution in [0.5, 0.6) is 0 Å². The van der Waals surface area contributed by atoms with Gasteiger partial charge in [0.15, 0.2) is 6.29 Å². The largest absolute Gasteiger partial charge is 0.433 e. The molecule has 0 aliphatic rings. The minimum absolute atomic E-state index is 0.338. The summed E-state index contributed by atoms with van der Waals surface area (Å²) >= 11 is 0. The van der Waals surface area contributed by atoms with Gasteiger partial charge in [-0.05, 0) is 12.1 Å². The van der Waals surface area contributed by atoms with Crippen molar-refractivity contribution in [1.82, 2.24) is 14.8 Å². The Labute approximate surface area is 93.7 Å². The number of alkyl halides is 3. The zero-order valence-corrected chi connectivity index (χ0v) is 8.35. The number of halogens is 3. The van der Waals surface area contributed by atoms with Crippen molar-refractivity contribution in [2.45, 2.75) is 6.18 Å². The summed E-state index contributed by atoms with van der Waals surface area (Å²) in [5.41, 5.74) is -0.278.